The third kappa shape index (κ3) is 3.85. The number of methoxy groups -OCH3 is 2. The minimum Gasteiger partial charge on any atom is -0.496 e. The fourth-order valence-corrected chi connectivity index (χ4v) is 3.78. The largest absolute Gasteiger partial charge is 0.496 e. The van der Waals surface area contributed by atoms with Crippen LogP contribution in [0.15, 0.2) is 109 Å². The third-order valence-electron chi connectivity index (χ3n) is 5.13. The SMILES string of the molecule is COc1ccccc1/C(=C(/c1ccccc1)c1ccccc1OC)c1ccccc1. The summed E-state index contributed by atoms with van der Waals surface area (Å²) in [7, 11) is 3.43. The Kier molecular flexibility index (Phi) is 5.95. The molecule has 2 nitrogen and oxygen atoms in total. The van der Waals surface area contributed by atoms with Crippen LogP contribution in [-0.4, -0.2) is 14.2 Å². The lowest BCUT2D eigenvalue weighted by atomic mass is 9.85. The van der Waals surface area contributed by atoms with Gasteiger partial charge in [-0.1, -0.05) is 97.1 Å². The van der Waals surface area contributed by atoms with Crippen molar-refractivity contribution in [1.29, 1.82) is 0 Å². The first-order chi connectivity index (χ1) is 14.8. The molecular weight excluding hydrogens is 368 g/mol. The highest BCUT2D eigenvalue weighted by molar-refractivity contribution is 6.06. The number of rotatable bonds is 6. The van der Waals surface area contributed by atoms with Crippen LogP contribution >= 0.6 is 0 Å². The zero-order valence-electron chi connectivity index (χ0n) is 17.2. The highest BCUT2D eigenvalue weighted by Gasteiger charge is 2.20. The summed E-state index contributed by atoms with van der Waals surface area (Å²) in [6, 6.07) is 37.2. The quantitative estimate of drug-likeness (QED) is 0.339. The van der Waals surface area contributed by atoms with E-state index in [1.165, 1.54) is 0 Å². The first-order valence-corrected chi connectivity index (χ1v) is 9.95. The van der Waals surface area contributed by atoms with Crippen LogP contribution < -0.4 is 9.47 Å². The second-order valence-electron chi connectivity index (χ2n) is 6.88. The van der Waals surface area contributed by atoms with Gasteiger partial charge in [0, 0.05) is 22.3 Å². The van der Waals surface area contributed by atoms with E-state index < -0.39 is 0 Å². The maximum Gasteiger partial charge on any atom is 0.126 e. The van der Waals surface area contributed by atoms with Gasteiger partial charge in [0.05, 0.1) is 14.2 Å². The molecule has 0 saturated carbocycles. The molecule has 0 aliphatic rings. The molecule has 0 amide bonds. The summed E-state index contributed by atoms with van der Waals surface area (Å²) in [6.07, 6.45) is 0. The van der Waals surface area contributed by atoms with Crippen molar-refractivity contribution in [2.24, 2.45) is 0 Å². The van der Waals surface area contributed by atoms with Crippen molar-refractivity contribution < 1.29 is 9.47 Å². The molecule has 148 valence electrons. The Morgan fingerprint density at radius 3 is 1.13 bits per heavy atom. The monoisotopic (exact) mass is 392 g/mol. The van der Waals surface area contributed by atoms with E-state index in [9.17, 15) is 0 Å². The van der Waals surface area contributed by atoms with Crippen LogP contribution in [0, 0.1) is 0 Å². The van der Waals surface area contributed by atoms with Gasteiger partial charge in [0.1, 0.15) is 11.5 Å². The number of hydrogen-bond acceptors (Lipinski definition) is 2. The fraction of sp³-hybridized carbons (Fsp3) is 0.0714. The Morgan fingerprint density at radius 1 is 0.433 bits per heavy atom. The molecule has 0 spiro atoms. The third-order valence-corrected chi connectivity index (χ3v) is 5.13. The Hall–Kier alpha value is -3.78. The molecule has 0 fully saturated rings. The summed E-state index contributed by atoms with van der Waals surface area (Å²) in [5.74, 6) is 1.67. The smallest absolute Gasteiger partial charge is 0.126 e. The minimum absolute atomic E-state index is 0.833. The van der Waals surface area contributed by atoms with Gasteiger partial charge in [0.15, 0.2) is 0 Å². The van der Waals surface area contributed by atoms with Gasteiger partial charge in [-0.3, -0.25) is 0 Å². The van der Waals surface area contributed by atoms with Crippen molar-refractivity contribution in [2.45, 2.75) is 0 Å². The van der Waals surface area contributed by atoms with E-state index >= 15 is 0 Å². The van der Waals surface area contributed by atoms with Gasteiger partial charge in [-0.15, -0.1) is 0 Å². The molecule has 0 atom stereocenters. The van der Waals surface area contributed by atoms with Gasteiger partial charge < -0.3 is 9.47 Å². The summed E-state index contributed by atoms with van der Waals surface area (Å²) in [5, 5.41) is 0. The van der Waals surface area contributed by atoms with Crippen molar-refractivity contribution in [2.75, 3.05) is 14.2 Å². The molecule has 0 heterocycles. The summed E-state index contributed by atoms with van der Waals surface area (Å²) in [5.41, 5.74) is 6.51. The molecule has 0 bridgehead atoms. The van der Waals surface area contributed by atoms with Crippen molar-refractivity contribution in [3.63, 3.8) is 0 Å². The number of hydrogen-bond donors (Lipinski definition) is 0. The van der Waals surface area contributed by atoms with Crippen LogP contribution in [0.2, 0.25) is 0 Å². The molecule has 0 aliphatic carbocycles. The molecule has 0 unspecified atom stereocenters. The lowest BCUT2D eigenvalue weighted by molar-refractivity contribution is 0.413. The topological polar surface area (TPSA) is 18.5 Å². The average molecular weight is 392 g/mol. The zero-order chi connectivity index (χ0) is 20.8. The van der Waals surface area contributed by atoms with E-state index in [0.717, 1.165) is 44.9 Å². The van der Waals surface area contributed by atoms with E-state index in [1.807, 2.05) is 48.5 Å². The van der Waals surface area contributed by atoms with E-state index in [1.54, 1.807) is 14.2 Å². The van der Waals surface area contributed by atoms with Crippen molar-refractivity contribution >= 4 is 11.1 Å². The predicted octanol–water partition coefficient (Wildman–Crippen LogP) is 6.71. The molecule has 4 aromatic rings. The van der Waals surface area contributed by atoms with E-state index in [0.29, 0.717) is 0 Å². The Balaban J connectivity index is 2.17. The first-order valence-electron chi connectivity index (χ1n) is 9.95. The van der Waals surface area contributed by atoms with Crippen LogP contribution in [0.4, 0.5) is 0 Å². The van der Waals surface area contributed by atoms with Gasteiger partial charge in [-0.05, 0) is 23.3 Å². The minimum atomic E-state index is 0.833. The van der Waals surface area contributed by atoms with E-state index in [-0.39, 0.29) is 0 Å². The van der Waals surface area contributed by atoms with Crippen molar-refractivity contribution in [1.82, 2.24) is 0 Å². The van der Waals surface area contributed by atoms with Crippen LogP contribution in [0.25, 0.3) is 11.1 Å². The van der Waals surface area contributed by atoms with Crippen molar-refractivity contribution in [3.8, 4) is 11.5 Å². The van der Waals surface area contributed by atoms with E-state index in [2.05, 4.69) is 60.7 Å². The van der Waals surface area contributed by atoms with Gasteiger partial charge in [0.2, 0.25) is 0 Å². The molecule has 2 heteroatoms. The Morgan fingerprint density at radius 2 is 0.767 bits per heavy atom. The number of para-hydroxylation sites is 2. The maximum atomic E-state index is 5.76. The lowest BCUT2D eigenvalue weighted by Gasteiger charge is -2.21. The second kappa shape index (κ2) is 9.15. The van der Waals surface area contributed by atoms with Crippen LogP contribution in [0.5, 0.6) is 11.5 Å². The Bertz CT molecular complexity index is 1050. The molecule has 0 aliphatic heterocycles. The van der Waals surface area contributed by atoms with Gasteiger partial charge >= 0.3 is 0 Å². The molecule has 4 rings (SSSR count). The molecule has 0 aromatic heterocycles. The number of benzene rings is 4. The molecule has 0 radical (unpaired) electrons. The predicted molar refractivity (Wildman–Crippen MR) is 124 cm³/mol. The normalized spacial score (nSPS) is 11.5. The fourth-order valence-electron chi connectivity index (χ4n) is 3.78. The summed E-state index contributed by atoms with van der Waals surface area (Å²) in [4.78, 5) is 0. The first kappa shape index (κ1) is 19.5. The second-order valence-corrected chi connectivity index (χ2v) is 6.88. The summed E-state index contributed by atoms with van der Waals surface area (Å²) in [6.45, 7) is 0. The average Bonchev–Trinajstić information content (AvgIpc) is 2.83. The highest BCUT2D eigenvalue weighted by Crippen LogP contribution is 2.42. The zero-order valence-corrected chi connectivity index (χ0v) is 17.2. The molecule has 30 heavy (non-hydrogen) atoms. The van der Waals surface area contributed by atoms with Gasteiger partial charge in [-0.2, -0.15) is 0 Å². The molecule has 0 saturated heterocycles. The highest BCUT2D eigenvalue weighted by atomic mass is 16.5. The van der Waals surface area contributed by atoms with Crippen LogP contribution in [0.3, 0.4) is 0 Å². The van der Waals surface area contributed by atoms with E-state index in [4.69, 9.17) is 9.47 Å². The summed E-state index contributed by atoms with van der Waals surface area (Å²) >= 11 is 0. The lowest BCUT2D eigenvalue weighted by Crippen LogP contribution is -2.01. The standard InChI is InChI=1S/C28H24O2/c1-29-25-19-11-9-17-23(25)27(21-13-5-3-6-14-21)28(22-15-7-4-8-16-22)24-18-10-12-20-26(24)30-2/h3-20H,1-2H3/b28-27-. The van der Waals surface area contributed by atoms with Crippen molar-refractivity contribution in [3.05, 3.63) is 131 Å². The maximum absolute atomic E-state index is 5.76. The molecular formula is C28H24O2. The van der Waals surface area contributed by atoms with Gasteiger partial charge in [0.25, 0.3) is 0 Å². The van der Waals surface area contributed by atoms with Gasteiger partial charge in [-0.25, -0.2) is 0 Å². The number of ether oxygens (including phenoxy) is 2. The Labute approximate surface area is 178 Å². The molecule has 0 N–H and O–H groups in total. The van der Waals surface area contributed by atoms with Crippen LogP contribution in [-0.2, 0) is 0 Å². The summed E-state index contributed by atoms with van der Waals surface area (Å²) < 4.78 is 11.5. The van der Waals surface area contributed by atoms with Crippen LogP contribution in [0.1, 0.15) is 22.3 Å². The molecule has 4 aromatic carbocycles.